The van der Waals surface area contributed by atoms with Crippen LogP contribution in [0.3, 0.4) is 0 Å². The van der Waals surface area contributed by atoms with Gasteiger partial charge in [-0.25, -0.2) is 4.68 Å². The normalized spacial score (nSPS) is 11.9. The number of aliphatic hydroxyl groups excluding tert-OH is 1. The van der Waals surface area contributed by atoms with Crippen molar-refractivity contribution in [1.82, 2.24) is 15.1 Å². The van der Waals surface area contributed by atoms with Gasteiger partial charge in [-0.3, -0.25) is 4.79 Å². The fraction of sp³-hybridized carbons (Fsp3) is 0.111. The molecule has 0 saturated carbocycles. The molecule has 0 aliphatic carbocycles. The predicted octanol–water partition coefficient (Wildman–Crippen LogP) is 2.22. The molecule has 5 nitrogen and oxygen atoms in total. The van der Waals surface area contributed by atoms with E-state index in [9.17, 15) is 9.90 Å². The second-order valence-corrected chi connectivity index (χ2v) is 5.11. The summed E-state index contributed by atoms with van der Waals surface area (Å²) in [5, 5.41) is 17.1. The third-order valence-corrected chi connectivity index (χ3v) is 3.56. The quantitative estimate of drug-likeness (QED) is 0.759. The summed E-state index contributed by atoms with van der Waals surface area (Å²) in [6.45, 7) is 0.318. The molecule has 1 atom stereocenters. The Kier molecular flexibility index (Phi) is 4.49. The Morgan fingerprint density at radius 2 is 1.83 bits per heavy atom. The van der Waals surface area contributed by atoms with Crippen molar-refractivity contribution in [1.29, 1.82) is 0 Å². The molecule has 0 fully saturated rings. The molecule has 0 spiro atoms. The molecular weight excluding hydrogens is 290 g/mol. The second kappa shape index (κ2) is 6.89. The van der Waals surface area contributed by atoms with Gasteiger partial charge in [0.1, 0.15) is 0 Å². The van der Waals surface area contributed by atoms with Crippen molar-refractivity contribution in [2.75, 3.05) is 0 Å². The molecule has 0 aliphatic heterocycles. The minimum atomic E-state index is -1.17. The molecular formula is C18H17N3O2. The molecule has 1 heterocycles. The number of amides is 1. The summed E-state index contributed by atoms with van der Waals surface area (Å²) in [7, 11) is 0. The van der Waals surface area contributed by atoms with E-state index in [-0.39, 0.29) is 0 Å². The van der Waals surface area contributed by atoms with Gasteiger partial charge in [0.15, 0.2) is 6.10 Å². The number of nitrogens with zero attached hydrogens (tertiary/aromatic N) is 2. The van der Waals surface area contributed by atoms with Crippen molar-refractivity contribution in [3.63, 3.8) is 0 Å². The highest BCUT2D eigenvalue weighted by molar-refractivity contribution is 5.81. The molecule has 116 valence electrons. The van der Waals surface area contributed by atoms with Gasteiger partial charge in [0, 0.05) is 18.9 Å². The number of hydrogen-bond acceptors (Lipinski definition) is 3. The van der Waals surface area contributed by atoms with Crippen molar-refractivity contribution in [2.24, 2.45) is 0 Å². The standard InChI is InChI=1S/C18H17N3O2/c22-17(14-7-2-1-3-8-14)18(23)19-13-15-9-4-5-10-16(15)21-12-6-11-20-21/h1-12,17,22H,13H2,(H,19,23). The predicted molar refractivity (Wildman–Crippen MR) is 86.8 cm³/mol. The van der Waals surface area contributed by atoms with Crippen LogP contribution in [-0.2, 0) is 11.3 Å². The number of aliphatic hydroxyl groups is 1. The van der Waals surface area contributed by atoms with Gasteiger partial charge in [0.05, 0.1) is 5.69 Å². The Hall–Kier alpha value is -2.92. The molecule has 0 saturated heterocycles. The fourth-order valence-electron chi connectivity index (χ4n) is 2.36. The third kappa shape index (κ3) is 3.46. The Labute approximate surface area is 134 Å². The molecule has 0 aliphatic rings. The molecule has 1 aromatic heterocycles. The summed E-state index contributed by atoms with van der Waals surface area (Å²) < 4.78 is 1.75. The highest BCUT2D eigenvalue weighted by Gasteiger charge is 2.17. The van der Waals surface area contributed by atoms with Crippen LogP contribution in [0.15, 0.2) is 73.1 Å². The van der Waals surface area contributed by atoms with E-state index in [1.54, 1.807) is 35.1 Å². The number of carbonyl (C=O) groups excluding carboxylic acids is 1. The van der Waals surface area contributed by atoms with E-state index >= 15 is 0 Å². The van der Waals surface area contributed by atoms with Crippen LogP contribution in [0.4, 0.5) is 0 Å². The Morgan fingerprint density at radius 1 is 1.09 bits per heavy atom. The van der Waals surface area contributed by atoms with E-state index < -0.39 is 12.0 Å². The molecule has 5 heteroatoms. The SMILES string of the molecule is O=C(NCc1ccccc1-n1cccn1)C(O)c1ccccc1. The topological polar surface area (TPSA) is 67.2 Å². The van der Waals surface area contributed by atoms with Crippen molar-refractivity contribution in [3.8, 4) is 5.69 Å². The number of carbonyl (C=O) groups is 1. The van der Waals surface area contributed by atoms with Crippen LogP contribution < -0.4 is 5.32 Å². The first-order chi connectivity index (χ1) is 11.3. The minimum Gasteiger partial charge on any atom is -0.378 e. The molecule has 2 N–H and O–H groups in total. The lowest BCUT2D eigenvalue weighted by Crippen LogP contribution is -2.29. The third-order valence-electron chi connectivity index (χ3n) is 3.56. The summed E-state index contributed by atoms with van der Waals surface area (Å²) in [4.78, 5) is 12.1. The number of benzene rings is 2. The fourth-order valence-corrected chi connectivity index (χ4v) is 2.36. The lowest BCUT2D eigenvalue weighted by atomic mass is 10.1. The van der Waals surface area contributed by atoms with Crippen LogP contribution in [-0.4, -0.2) is 20.8 Å². The van der Waals surface area contributed by atoms with E-state index in [4.69, 9.17) is 0 Å². The Balaban J connectivity index is 1.71. The summed E-state index contributed by atoms with van der Waals surface area (Å²) in [6.07, 6.45) is 2.38. The number of aromatic nitrogens is 2. The molecule has 23 heavy (non-hydrogen) atoms. The maximum absolute atomic E-state index is 12.1. The van der Waals surface area contributed by atoms with Gasteiger partial charge >= 0.3 is 0 Å². The lowest BCUT2D eigenvalue weighted by molar-refractivity contribution is -0.129. The zero-order valence-electron chi connectivity index (χ0n) is 12.5. The van der Waals surface area contributed by atoms with E-state index in [1.165, 1.54) is 0 Å². The van der Waals surface area contributed by atoms with E-state index in [0.717, 1.165) is 11.3 Å². The monoisotopic (exact) mass is 307 g/mol. The van der Waals surface area contributed by atoms with E-state index in [2.05, 4.69) is 10.4 Å². The Bertz CT molecular complexity index is 770. The molecule has 0 bridgehead atoms. The Morgan fingerprint density at radius 3 is 2.57 bits per heavy atom. The van der Waals surface area contributed by atoms with Crippen molar-refractivity contribution in [2.45, 2.75) is 12.6 Å². The van der Waals surface area contributed by atoms with Gasteiger partial charge in [-0.2, -0.15) is 5.10 Å². The number of rotatable bonds is 5. The van der Waals surface area contributed by atoms with Crippen LogP contribution in [0, 0.1) is 0 Å². The molecule has 0 radical (unpaired) electrons. The first kappa shape index (κ1) is 15.0. The van der Waals surface area contributed by atoms with Gasteiger partial charge in [0.2, 0.25) is 0 Å². The second-order valence-electron chi connectivity index (χ2n) is 5.11. The van der Waals surface area contributed by atoms with Crippen LogP contribution in [0.25, 0.3) is 5.69 Å². The lowest BCUT2D eigenvalue weighted by Gasteiger charge is -2.14. The highest BCUT2D eigenvalue weighted by atomic mass is 16.3. The van der Waals surface area contributed by atoms with E-state index in [1.807, 2.05) is 42.6 Å². The minimum absolute atomic E-state index is 0.318. The number of nitrogens with one attached hydrogen (secondary N) is 1. The molecule has 1 unspecified atom stereocenters. The zero-order valence-corrected chi connectivity index (χ0v) is 12.5. The molecule has 3 rings (SSSR count). The van der Waals surface area contributed by atoms with Crippen LogP contribution in [0.2, 0.25) is 0 Å². The first-order valence-electron chi connectivity index (χ1n) is 7.34. The highest BCUT2D eigenvalue weighted by Crippen LogP contribution is 2.15. The zero-order chi connectivity index (χ0) is 16.1. The summed E-state index contributed by atoms with van der Waals surface area (Å²) >= 11 is 0. The van der Waals surface area contributed by atoms with Crippen LogP contribution in [0.1, 0.15) is 17.2 Å². The number of para-hydroxylation sites is 1. The van der Waals surface area contributed by atoms with E-state index in [0.29, 0.717) is 12.1 Å². The molecule has 2 aromatic carbocycles. The maximum atomic E-state index is 12.1. The average Bonchev–Trinajstić information content (AvgIpc) is 3.14. The van der Waals surface area contributed by atoms with Crippen LogP contribution in [0.5, 0.6) is 0 Å². The maximum Gasteiger partial charge on any atom is 0.253 e. The molecule has 3 aromatic rings. The van der Waals surface area contributed by atoms with Gasteiger partial charge in [0.25, 0.3) is 5.91 Å². The van der Waals surface area contributed by atoms with Crippen molar-refractivity contribution in [3.05, 3.63) is 84.2 Å². The summed E-state index contributed by atoms with van der Waals surface area (Å²) in [6, 6.07) is 18.4. The van der Waals surface area contributed by atoms with Crippen molar-refractivity contribution < 1.29 is 9.90 Å². The summed E-state index contributed by atoms with van der Waals surface area (Å²) in [5.74, 6) is -0.425. The van der Waals surface area contributed by atoms with Gasteiger partial charge in [-0.15, -0.1) is 0 Å². The first-order valence-corrected chi connectivity index (χ1v) is 7.34. The van der Waals surface area contributed by atoms with Gasteiger partial charge in [-0.05, 0) is 23.3 Å². The largest absolute Gasteiger partial charge is 0.378 e. The average molecular weight is 307 g/mol. The molecule has 1 amide bonds. The van der Waals surface area contributed by atoms with Crippen LogP contribution >= 0.6 is 0 Å². The smallest absolute Gasteiger partial charge is 0.253 e. The summed E-state index contributed by atoms with van der Waals surface area (Å²) in [5.41, 5.74) is 2.39. The van der Waals surface area contributed by atoms with Gasteiger partial charge in [-0.1, -0.05) is 48.5 Å². The van der Waals surface area contributed by atoms with Gasteiger partial charge < -0.3 is 10.4 Å². The number of hydrogen-bond donors (Lipinski definition) is 2. The van der Waals surface area contributed by atoms with Crippen molar-refractivity contribution >= 4 is 5.91 Å².